The molecular weight excluding hydrogens is 202 g/mol. The quantitative estimate of drug-likeness (QED) is 0.599. The molecule has 0 radical (unpaired) electrons. The van der Waals surface area contributed by atoms with Crippen molar-refractivity contribution in [3.8, 4) is 0 Å². The maximum absolute atomic E-state index is 10.2. The first kappa shape index (κ1) is 10.2. The molecule has 0 aliphatic heterocycles. The van der Waals surface area contributed by atoms with Crippen molar-refractivity contribution in [3.63, 3.8) is 0 Å². The fourth-order valence-corrected chi connectivity index (χ4v) is 1.31. The van der Waals surface area contributed by atoms with Gasteiger partial charge in [-0.1, -0.05) is 18.2 Å². The summed E-state index contributed by atoms with van der Waals surface area (Å²) in [5.74, 6) is 0. The lowest BCUT2D eigenvalue weighted by Crippen LogP contribution is -2.01. The topological polar surface area (TPSA) is 61.5 Å². The van der Waals surface area contributed by atoms with Crippen LogP contribution in [0.4, 0.5) is 0 Å². The Labute approximate surface area is 92.0 Å². The number of benzene rings is 1. The minimum Gasteiger partial charge on any atom is -0.361 e. The van der Waals surface area contributed by atoms with Gasteiger partial charge in [-0.05, 0) is 17.5 Å². The van der Waals surface area contributed by atoms with Gasteiger partial charge < -0.3 is 9.97 Å². The van der Waals surface area contributed by atoms with E-state index < -0.39 is 0 Å². The Morgan fingerprint density at radius 3 is 2.50 bits per heavy atom. The van der Waals surface area contributed by atoms with Gasteiger partial charge in [0.1, 0.15) is 0 Å². The Hall–Kier alpha value is -2.36. The van der Waals surface area contributed by atoms with Gasteiger partial charge in [-0.15, -0.1) is 0 Å². The SMILES string of the molecule is O=c1cncc[nH]1.c1ccc2[nH]ccc2c1. The Kier molecular flexibility index (Phi) is 3.13. The van der Waals surface area contributed by atoms with E-state index in [0.717, 1.165) is 0 Å². The highest BCUT2D eigenvalue weighted by Gasteiger charge is 1.86. The number of fused-ring (bicyclic) bond motifs is 1. The van der Waals surface area contributed by atoms with Gasteiger partial charge in [-0.25, -0.2) is 0 Å². The van der Waals surface area contributed by atoms with Crippen molar-refractivity contribution in [2.24, 2.45) is 0 Å². The lowest BCUT2D eigenvalue weighted by atomic mass is 10.3. The molecule has 0 amide bonds. The van der Waals surface area contributed by atoms with E-state index in [1.165, 1.54) is 29.5 Å². The van der Waals surface area contributed by atoms with Crippen molar-refractivity contribution in [1.29, 1.82) is 0 Å². The molecule has 0 aliphatic rings. The van der Waals surface area contributed by atoms with E-state index in [9.17, 15) is 4.79 Å². The zero-order valence-electron chi connectivity index (χ0n) is 8.55. The minimum atomic E-state index is -0.164. The van der Waals surface area contributed by atoms with E-state index in [-0.39, 0.29) is 5.56 Å². The number of hydrogen-bond donors (Lipinski definition) is 2. The molecule has 0 atom stereocenters. The van der Waals surface area contributed by atoms with Crippen LogP contribution in [0.25, 0.3) is 10.9 Å². The molecule has 0 saturated heterocycles. The van der Waals surface area contributed by atoms with Crippen LogP contribution in [0.1, 0.15) is 0 Å². The van der Waals surface area contributed by atoms with Gasteiger partial charge in [0.2, 0.25) is 0 Å². The van der Waals surface area contributed by atoms with Gasteiger partial charge in [0.15, 0.2) is 0 Å². The Bertz CT molecular complexity index is 565. The fourth-order valence-electron chi connectivity index (χ4n) is 1.31. The number of aromatic nitrogens is 3. The van der Waals surface area contributed by atoms with E-state index in [0.29, 0.717) is 0 Å². The van der Waals surface area contributed by atoms with Crippen LogP contribution in [0.15, 0.2) is 59.9 Å². The van der Waals surface area contributed by atoms with Gasteiger partial charge in [-0.2, -0.15) is 0 Å². The average molecular weight is 213 g/mol. The molecule has 0 saturated carbocycles. The van der Waals surface area contributed by atoms with Crippen LogP contribution in [-0.4, -0.2) is 15.0 Å². The summed E-state index contributed by atoms with van der Waals surface area (Å²) < 4.78 is 0. The van der Waals surface area contributed by atoms with Crippen LogP contribution in [0, 0.1) is 0 Å². The van der Waals surface area contributed by atoms with Crippen LogP contribution < -0.4 is 5.56 Å². The Morgan fingerprint density at radius 1 is 1.00 bits per heavy atom. The molecule has 16 heavy (non-hydrogen) atoms. The lowest BCUT2D eigenvalue weighted by Gasteiger charge is -1.83. The number of nitrogens with zero attached hydrogens (tertiary/aromatic N) is 1. The molecule has 2 N–H and O–H groups in total. The third-order valence-electron chi connectivity index (χ3n) is 2.04. The molecule has 3 rings (SSSR count). The summed E-state index contributed by atoms with van der Waals surface area (Å²) in [7, 11) is 0. The highest BCUT2D eigenvalue weighted by molar-refractivity contribution is 5.78. The van der Waals surface area contributed by atoms with E-state index in [4.69, 9.17) is 0 Å². The maximum atomic E-state index is 10.2. The predicted octanol–water partition coefficient (Wildman–Crippen LogP) is 1.94. The van der Waals surface area contributed by atoms with Gasteiger partial charge >= 0.3 is 0 Å². The normalized spacial score (nSPS) is 9.50. The zero-order chi connectivity index (χ0) is 11.2. The molecule has 3 aromatic rings. The Morgan fingerprint density at radius 2 is 1.88 bits per heavy atom. The van der Waals surface area contributed by atoms with Crippen molar-refractivity contribution in [2.75, 3.05) is 0 Å². The molecule has 1 aromatic carbocycles. The van der Waals surface area contributed by atoms with Gasteiger partial charge in [0, 0.05) is 24.1 Å². The van der Waals surface area contributed by atoms with Gasteiger partial charge in [0.05, 0.1) is 6.20 Å². The molecule has 0 spiro atoms. The second kappa shape index (κ2) is 4.93. The molecule has 4 nitrogen and oxygen atoms in total. The highest BCUT2D eigenvalue weighted by Crippen LogP contribution is 2.09. The number of rotatable bonds is 0. The smallest absolute Gasteiger partial charge is 0.266 e. The van der Waals surface area contributed by atoms with Crippen LogP contribution in [-0.2, 0) is 0 Å². The summed E-state index contributed by atoms with van der Waals surface area (Å²) in [6.45, 7) is 0. The number of para-hydroxylation sites is 1. The number of nitrogens with one attached hydrogen (secondary N) is 2. The first-order valence-corrected chi connectivity index (χ1v) is 4.87. The van der Waals surface area contributed by atoms with Crippen molar-refractivity contribution in [1.82, 2.24) is 15.0 Å². The Balaban J connectivity index is 0.000000125. The van der Waals surface area contributed by atoms with Crippen molar-refractivity contribution in [3.05, 3.63) is 65.5 Å². The monoisotopic (exact) mass is 213 g/mol. The number of H-pyrrole nitrogens is 2. The summed E-state index contributed by atoms with van der Waals surface area (Å²) >= 11 is 0. The molecule has 0 bridgehead atoms. The van der Waals surface area contributed by atoms with Crippen LogP contribution >= 0.6 is 0 Å². The molecule has 0 unspecified atom stereocenters. The van der Waals surface area contributed by atoms with E-state index in [1.807, 2.05) is 18.3 Å². The summed E-state index contributed by atoms with van der Waals surface area (Å²) in [5, 5.41) is 1.28. The fraction of sp³-hybridized carbons (Fsp3) is 0. The number of aromatic amines is 2. The van der Waals surface area contributed by atoms with E-state index in [2.05, 4.69) is 33.2 Å². The number of hydrogen-bond acceptors (Lipinski definition) is 2. The third kappa shape index (κ3) is 2.57. The first-order chi connectivity index (χ1) is 7.86. The second-order valence-corrected chi connectivity index (χ2v) is 3.17. The van der Waals surface area contributed by atoms with Gasteiger partial charge in [0.25, 0.3) is 5.56 Å². The zero-order valence-corrected chi connectivity index (χ0v) is 8.55. The standard InChI is InChI=1S/C8H7N.C4H4N2O/c1-2-4-8-7(3-1)5-6-9-8;7-4-3-5-1-2-6-4/h1-6,9H;1-3H,(H,6,7). The molecular formula is C12H11N3O. The highest BCUT2D eigenvalue weighted by atomic mass is 16.1. The second-order valence-electron chi connectivity index (χ2n) is 3.17. The summed E-state index contributed by atoms with van der Waals surface area (Å²) in [6.07, 6.45) is 6.18. The largest absolute Gasteiger partial charge is 0.361 e. The molecule has 2 aromatic heterocycles. The summed E-state index contributed by atoms with van der Waals surface area (Å²) in [4.78, 5) is 19.2. The van der Waals surface area contributed by atoms with Crippen molar-refractivity contribution in [2.45, 2.75) is 0 Å². The average Bonchev–Trinajstić information content (AvgIpc) is 2.79. The van der Waals surface area contributed by atoms with E-state index >= 15 is 0 Å². The van der Waals surface area contributed by atoms with Gasteiger partial charge in [-0.3, -0.25) is 9.78 Å². The lowest BCUT2D eigenvalue weighted by molar-refractivity contribution is 1.14. The van der Waals surface area contributed by atoms with Crippen molar-refractivity contribution < 1.29 is 0 Å². The minimum absolute atomic E-state index is 0.164. The molecule has 80 valence electrons. The first-order valence-electron chi connectivity index (χ1n) is 4.87. The third-order valence-corrected chi connectivity index (χ3v) is 2.04. The van der Waals surface area contributed by atoms with Crippen LogP contribution in [0.3, 0.4) is 0 Å². The summed E-state index contributed by atoms with van der Waals surface area (Å²) in [5.41, 5.74) is 1.04. The van der Waals surface area contributed by atoms with E-state index in [1.54, 1.807) is 0 Å². The molecule has 0 aliphatic carbocycles. The van der Waals surface area contributed by atoms with Crippen molar-refractivity contribution >= 4 is 10.9 Å². The molecule has 2 heterocycles. The van der Waals surface area contributed by atoms with Crippen LogP contribution in [0.2, 0.25) is 0 Å². The van der Waals surface area contributed by atoms with Crippen LogP contribution in [0.5, 0.6) is 0 Å². The molecule has 4 heteroatoms. The maximum Gasteiger partial charge on any atom is 0.266 e. The summed E-state index contributed by atoms with van der Waals surface area (Å²) in [6, 6.07) is 10.3. The predicted molar refractivity (Wildman–Crippen MR) is 63.2 cm³/mol. The molecule has 0 fully saturated rings.